The maximum atomic E-state index is 11.2. The molecule has 0 aliphatic rings. The van der Waals surface area contributed by atoms with Gasteiger partial charge in [-0.25, -0.2) is 0 Å². The van der Waals surface area contributed by atoms with Crippen LogP contribution in [0.3, 0.4) is 0 Å². The van der Waals surface area contributed by atoms with Crippen LogP contribution in [0.5, 0.6) is 0 Å². The lowest BCUT2D eigenvalue weighted by Gasteiger charge is -2.26. The highest BCUT2D eigenvalue weighted by molar-refractivity contribution is 5.78. The van der Waals surface area contributed by atoms with Crippen molar-refractivity contribution in [2.75, 3.05) is 26.7 Å². The first kappa shape index (κ1) is 16.4. The fraction of sp³-hybridized carbons (Fsp3) is 0.923. The normalized spacial score (nSPS) is 14.9. The first-order valence-corrected chi connectivity index (χ1v) is 6.63. The van der Waals surface area contributed by atoms with E-state index in [1.165, 1.54) is 0 Å². The molecule has 0 radical (unpaired) electrons. The van der Waals surface area contributed by atoms with Crippen LogP contribution in [0.15, 0.2) is 0 Å². The number of hydrogen-bond donors (Lipinski definition) is 2. The molecule has 102 valence electrons. The minimum atomic E-state index is -0.763. The van der Waals surface area contributed by atoms with Gasteiger partial charge in [-0.05, 0) is 59.3 Å². The van der Waals surface area contributed by atoms with Crippen LogP contribution in [-0.4, -0.2) is 48.2 Å². The molecule has 0 heterocycles. The summed E-state index contributed by atoms with van der Waals surface area (Å²) >= 11 is 0. The number of carboxylic acid groups (broad SMARTS) is 1. The third-order valence-electron chi connectivity index (χ3n) is 3.24. The van der Waals surface area contributed by atoms with Crippen LogP contribution in [0.25, 0.3) is 0 Å². The summed E-state index contributed by atoms with van der Waals surface area (Å²) in [7, 11) is 2.09. The molecule has 2 N–H and O–H groups in total. The van der Waals surface area contributed by atoms with Gasteiger partial charge >= 0.3 is 5.97 Å². The number of hydrogen-bond acceptors (Lipinski definition) is 3. The molecule has 0 amide bonds. The largest absolute Gasteiger partial charge is 0.480 e. The molecule has 0 aromatic heterocycles. The molecule has 1 atom stereocenters. The van der Waals surface area contributed by atoms with Crippen molar-refractivity contribution in [2.24, 2.45) is 0 Å². The molecule has 0 aliphatic carbocycles. The Morgan fingerprint density at radius 2 is 2.00 bits per heavy atom. The summed E-state index contributed by atoms with van der Waals surface area (Å²) in [5, 5.41) is 12.4. The lowest BCUT2D eigenvalue weighted by atomic mass is 9.94. The van der Waals surface area contributed by atoms with E-state index in [1.54, 1.807) is 6.92 Å². The van der Waals surface area contributed by atoms with Crippen molar-refractivity contribution in [1.82, 2.24) is 10.2 Å². The van der Waals surface area contributed by atoms with Crippen molar-refractivity contribution in [3.63, 3.8) is 0 Å². The smallest absolute Gasteiger partial charge is 0.323 e. The SMILES string of the molecule is CCCNC(C)(CCCCN(C)CC)C(=O)O. The van der Waals surface area contributed by atoms with E-state index >= 15 is 0 Å². The molecule has 0 aromatic rings. The monoisotopic (exact) mass is 244 g/mol. The number of aliphatic carboxylic acids is 1. The van der Waals surface area contributed by atoms with E-state index in [-0.39, 0.29) is 0 Å². The molecule has 4 heteroatoms. The Hall–Kier alpha value is -0.610. The fourth-order valence-corrected chi connectivity index (χ4v) is 1.69. The molecule has 0 bridgehead atoms. The van der Waals surface area contributed by atoms with Gasteiger partial charge in [0.15, 0.2) is 0 Å². The summed E-state index contributed by atoms with van der Waals surface area (Å²) in [5.41, 5.74) is -0.763. The van der Waals surface area contributed by atoms with Crippen LogP contribution in [0.4, 0.5) is 0 Å². The maximum absolute atomic E-state index is 11.2. The number of nitrogens with zero attached hydrogens (tertiary/aromatic N) is 1. The fourth-order valence-electron chi connectivity index (χ4n) is 1.69. The molecular formula is C13H28N2O2. The van der Waals surface area contributed by atoms with Gasteiger partial charge in [0.25, 0.3) is 0 Å². The maximum Gasteiger partial charge on any atom is 0.323 e. The average Bonchev–Trinajstić information content (AvgIpc) is 2.31. The van der Waals surface area contributed by atoms with E-state index in [4.69, 9.17) is 0 Å². The summed E-state index contributed by atoms with van der Waals surface area (Å²) < 4.78 is 0. The highest BCUT2D eigenvalue weighted by Crippen LogP contribution is 2.14. The minimum Gasteiger partial charge on any atom is -0.480 e. The minimum absolute atomic E-state index is 0.694. The molecule has 4 nitrogen and oxygen atoms in total. The van der Waals surface area contributed by atoms with Crippen molar-refractivity contribution in [2.45, 2.75) is 52.0 Å². The van der Waals surface area contributed by atoms with Crippen LogP contribution in [-0.2, 0) is 4.79 Å². The van der Waals surface area contributed by atoms with Gasteiger partial charge in [0.05, 0.1) is 0 Å². The lowest BCUT2D eigenvalue weighted by Crippen LogP contribution is -2.49. The van der Waals surface area contributed by atoms with E-state index in [9.17, 15) is 9.90 Å². The molecule has 0 aromatic carbocycles. The molecule has 17 heavy (non-hydrogen) atoms. The Bertz CT molecular complexity index is 221. The number of rotatable bonds is 10. The second-order valence-corrected chi connectivity index (χ2v) is 4.92. The molecule has 0 saturated heterocycles. The Morgan fingerprint density at radius 3 is 2.47 bits per heavy atom. The Morgan fingerprint density at radius 1 is 1.35 bits per heavy atom. The highest BCUT2D eigenvalue weighted by Gasteiger charge is 2.31. The first-order chi connectivity index (χ1) is 7.96. The van der Waals surface area contributed by atoms with Gasteiger partial charge in [-0.1, -0.05) is 13.8 Å². The van der Waals surface area contributed by atoms with Crippen LogP contribution < -0.4 is 5.32 Å². The zero-order chi connectivity index (χ0) is 13.3. The summed E-state index contributed by atoms with van der Waals surface area (Å²) in [4.78, 5) is 13.5. The standard InChI is InChI=1S/C13H28N2O2/c1-5-10-14-13(3,12(16)17)9-7-8-11-15(4)6-2/h14H,5-11H2,1-4H3,(H,16,17). The van der Waals surface area contributed by atoms with Gasteiger partial charge in [0, 0.05) is 0 Å². The van der Waals surface area contributed by atoms with E-state index in [0.717, 1.165) is 38.9 Å². The van der Waals surface area contributed by atoms with Crippen molar-refractivity contribution in [3.05, 3.63) is 0 Å². The Labute approximate surface area is 105 Å². The van der Waals surface area contributed by atoms with Crippen LogP contribution in [0.2, 0.25) is 0 Å². The van der Waals surface area contributed by atoms with E-state index in [2.05, 4.69) is 24.2 Å². The lowest BCUT2D eigenvalue weighted by molar-refractivity contribution is -0.144. The van der Waals surface area contributed by atoms with E-state index in [1.807, 2.05) is 6.92 Å². The summed E-state index contributed by atoms with van der Waals surface area (Å²) in [6.07, 6.45) is 3.66. The van der Waals surface area contributed by atoms with Crippen LogP contribution >= 0.6 is 0 Å². The summed E-state index contributed by atoms with van der Waals surface area (Å²) in [5.74, 6) is -0.741. The second-order valence-electron chi connectivity index (χ2n) is 4.92. The molecule has 0 fully saturated rings. The average molecular weight is 244 g/mol. The van der Waals surface area contributed by atoms with Gasteiger partial charge < -0.3 is 15.3 Å². The second kappa shape index (κ2) is 8.48. The summed E-state index contributed by atoms with van der Waals surface area (Å²) in [6.45, 7) is 8.81. The van der Waals surface area contributed by atoms with Crippen molar-refractivity contribution >= 4 is 5.97 Å². The van der Waals surface area contributed by atoms with Crippen molar-refractivity contribution < 1.29 is 9.90 Å². The van der Waals surface area contributed by atoms with Crippen molar-refractivity contribution in [3.8, 4) is 0 Å². The van der Waals surface area contributed by atoms with Gasteiger partial charge in [0.1, 0.15) is 5.54 Å². The predicted molar refractivity (Wildman–Crippen MR) is 71.4 cm³/mol. The zero-order valence-corrected chi connectivity index (χ0v) is 11.8. The Balaban J connectivity index is 3.96. The third kappa shape index (κ3) is 6.64. The van der Waals surface area contributed by atoms with Crippen LogP contribution in [0.1, 0.15) is 46.5 Å². The first-order valence-electron chi connectivity index (χ1n) is 6.63. The number of carboxylic acids is 1. The van der Waals surface area contributed by atoms with Gasteiger partial charge in [-0.3, -0.25) is 4.79 Å². The molecular weight excluding hydrogens is 216 g/mol. The van der Waals surface area contributed by atoms with E-state index in [0.29, 0.717) is 6.42 Å². The summed E-state index contributed by atoms with van der Waals surface area (Å²) in [6, 6.07) is 0. The molecule has 0 rings (SSSR count). The molecule has 0 spiro atoms. The van der Waals surface area contributed by atoms with Crippen LogP contribution in [0, 0.1) is 0 Å². The van der Waals surface area contributed by atoms with Gasteiger partial charge in [0.2, 0.25) is 0 Å². The van der Waals surface area contributed by atoms with Crippen molar-refractivity contribution in [1.29, 1.82) is 0 Å². The quantitative estimate of drug-likeness (QED) is 0.577. The predicted octanol–water partition coefficient (Wildman–Crippen LogP) is 1.95. The third-order valence-corrected chi connectivity index (χ3v) is 3.24. The van der Waals surface area contributed by atoms with E-state index < -0.39 is 11.5 Å². The van der Waals surface area contributed by atoms with Gasteiger partial charge in [-0.15, -0.1) is 0 Å². The molecule has 1 unspecified atom stereocenters. The number of carbonyl (C=O) groups is 1. The topological polar surface area (TPSA) is 52.6 Å². The number of nitrogens with one attached hydrogen (secondary N) is 1. The Kier molecular flexibility index (Phi) is 8.17. The zero-order valence-electron chi connectivity index (χ0n) is 11.8. The molecule has 0 saturated carbocycles. The highest BCUT2D eigenvalue weighted by atomic mass is 16.4. The van der Waals surface area contributed by atoms with Gasteiger partial charge in [-0.2, -0.15) is 0 Å². The molecule has 0 aliphatic heterocycles. The number of unbranched alkanes of at least 4 members (excludes halogenated alkanes) is 1.